The van der Waals surface area contributed by atoms with Crippen LogP contribution in [0.4, 0.5) is 0 Å². The van der Waals surface area contributed by atoms with E-state index in [0.29, 0.717) is 11.5 Å². The van der Waals surface area contributed by atoms with Crippen LogP contribution < -0.4 is 5.32 Å². The Hall–Kier alpha value is -0.940. The molecule has 0 radical (unpaired) electrons. The van der Waals surface area contributed by atoms with Crippen molar-refractivity contribution in [1.82, 2.24) is 10.3 Å². The Labute approximate surface area is 121 Å². The van der Waals surface area contributed by atoms with Gasteiger partial charge >= 0.3 is 0 Å². The van der Waals surface area contributed by atoms with Crippen molar-refractivity contribution >= 4 is 9.84 Å². The van der Waals surface area contributed by atoms with Crippen LogP contribution in [0, 0.1) is 5.92 Å². The number of sulfone groups is 1. The van der Waals surface area contributed by atoms with Crippen LogP contribution in [0.1, 0.15) is 38.3 Å². The highest BCUT2D eigenvalue weighted by molar-refractivity contribution is 7.91. The lowest BCUT2D eigenvalue weighted by Crippen LogP contribution is -2.41. The van der Waals surface area contributed by atoms with Gasteiger partial charge in [-0.1, -0.05) is 19.9 Å². The first-order valence-electron chi connectivity index (χ1n) is 7.38. The van der Waals surface area contributed by atoms with Gasteiger partial charge in [0.1, 0.15) is 0 Å². The van der Waals surface area contributed by atoms with Gasteiger partial charge in [0.2, 0.25) is 0 Å². The molecular formula is C15H24N2O2S. The van der Waals surface area contributed by atoms with E-state index in [-0.39, 0.29) is 17.9 Å². The Morgan fingerprint density at radius 3 is 2.80 bits per heavy atom. The fourth-order valence-electron chi connectivity index (χ4n) is 3.00. The maximum Gasteiger partial charge on any atom is 0.150 e. The minimum Gasteiger partial charge on any atom is -0.313 e. The van der Waals surface area contributed by atoms with E-state index in [1.54, 1.807) is 6.20 Å². The third kappa shape index (κ3) is 3.79. The Morgan fingerprint density at radius 2 is 2.25 bits per heavy atom. The molecule has 2 heterocycles. The molecule has 1 N–H and O–H groups in total. The van der Waals surface area contributed by atoms with E-state index in [2.05, 4.69) is 24.1 Å². The van der Waals surface area contributed by atoms with Gasteiger partial charge in [0, 0.05) is 23.9 Å². The van der Waals surface area contributed by atoms with E-state index in [0.717, 1.165) is 25.1 Å². The first kappa shape index (κ1) is 15.4. The molecule has 0 saturated carbocycles. The third-order valence-electron chi connectivity index (χ3n) is 4.10. The van der Waals surface area contributed by atoms with Crippen LogP contribution in [0.5, 0.6) is 0 Å². The lowest BCUT2D eigenvalue weighted by atomic mass is 9.86. The van der Waals surface area contributed by atoms with Crippen molar-refractivity contribution in [2.45, 2.75) is 38.6 Å². The van der Waals surface area contributed by atoms with Gasteiger partial charge in [-0.05, 0) is 37.4 Å². The summed E-state index contributed by atoms with van der Waals surface area (Å²) in [4.78, 5) is 4.43. The summed E-state index contributed by atoms with van der Waals surface area (Å²) in [5.41, 5.74) is 1.03. The standard InChI is InChI=1S/C15H24N2O2S/c1-3-8-17-15(13-7-10-20(18,19)11-13)12(2)14-6-4-5-9-16-14/h4-6,9,12-13,15,17H,3,7-8,10-11H2,1-2H3. The predicted molar refractivity (Wildman–Crippen MR) is 81.5 cm³/mol. The Balaban J connectivity index is 2.15. The summed E-state index contributed by atoms with van der Waals surface area (Å²) in [6.07, 6.45) is 3.61. The van der Waals surface area contributed by atoms with Crippen molar-refractivity contribution in [1.29, 1.82) is 0 Å². The number of aromatic nitrogens is 1. The molecule has 4 nitrogen and oxygen atoms in total. The summed E-state index contributed by atoms with van der Waals surface area (Å²) in [7, 11) is -2.84. The van der Waals surface area contributed by atoms with E-state index in [9.17, 15) is 8.42 Å². The number of pyridine rings is 1. The zero-order valence-electron chi connectivity index (χ0n) is 12.2. The van der Waals surface area contributed by atoms with Gasteiger partial charge in [-0.15, -0.1) is 0 Å². The molecule has 1 aliphatic rings. The molecule has 3 unspecified atom stereocenters. The highest BCUT2D eigenvalue weighted by atomic mass is 32.2. The van der Waals surface area contributed by atoms with E-state index in [1.165, 1.54) is 0 Å². The summed E-state index contributed by atoms with van der Waals surface area (Å²) in [5.74, 6) is 1.06. The van der Waals surface area contributed by atoms with Crippen LogP contribution in [-0.2, 0) is 9.84 Å². The van der Waals surface area contributed by atoms with Crippen molar-refractivity contribution < 1.29 is 8.42 Å². The van der Waals surface area contributed by atoms with Gasteiger partial charge in [-0.2, -0.15) is 0 Å². The smallest absolute Gasteiger partial charge is 0.150 e. The van der Waals surface area contributed by atoms with E-state index in [4.69, 9.17) is 0 Å². The molecular weight excluding hydrogens is 272 g/mol. The van der Waals surface area contributed by atoms with Gasteiger partial charge in [-0.3, -0.25) is 4.98 Å². The summed E-state index contributed by atoms with van der Waals surface area (Å²) < 4.78 is 23.5. The van der Waals surface area contributed by atoms with Crippen LogP contribution in [0.2, 0.25) is 0 Å². The van der Waals surface area contributed by atoms with Crippen LogP contribution in [0.3, 0.4) is 0 Å². The molecule has 0 aliphatic carbocycles. The zero-order chi connectivity index (χ0) is 14.6. The Bertz CT molecular complexity index is 516. The molecule has 3 atom stereocenters. The van der Waals surface area contributed by atoms with E-state index < -0.39 is 9.84 Å². The highest BCUT2D eigenvalue weighted by Gasteiger charge is 2.36. The molecule has 0 aromatic carbocycles. The lowest BCUT2D eigenvalue weighted by Gasteiger charge is -2.29. The molecule has 0 amide bonds. The van der Waals surface area contributed by atoms with Gasteiger partial charge in [0.25, 0.3) is 0 Å². The number of nitrogens with one attached hydrogen (secondary N) is 1. The third-order valence-corrected chi connectivity index (χ3v) is 5.89. The minimum absolute atomic E-state index is 0.183. The first-order valence-corrected chi connectivity index (χ1v) is 9.20. The molecule has 1 fully saturated rings. The largest absolute Gasteiger partial charge is 0.313 e. The molecule has 112 valence electrons. The van der Waals surface area contributed by atoms with E-state index >= 15 is 0 Å². The second kappa shape index (κ2) is 6.68. The summed E-state index contributed by atoms with van der Waals surface area (Å²) >= 11 is 0. The first-order chi connectivity index (χ1) is 9.53. The molecule has 0 spiro atoms. The average molecular weight is 296 g/mol. The van der Waals surface area contributed by atoms with Gasteiger partial charge in [-0.25, -0.2) is 8.42 Å². The molecule has 1 aromatic rings. The van der Waals surface area contributed by atoms with Crippen molar-refractivity contribution in [2.24, 2.45) is 5.92 Å². The van der Waals surface area contributed by atoms with Gasteiger partial charge < -0.3 is 5.32 Å². The van der Waals surface area contributed by atoms with Crippen molar-refractivity contribution in [3.63, 3.8) is 0 Å². The summed E-state index contributed by atoms with van der Waals surface area (Å²) in [6.45, 7) is 5.18. The van der Waals surface area contributed by atoms with E-state index in [1.807, 2.05) is 18.2 Å². The van der Waals surface area contributed by atoms with Crippen LogP contribution in [0.15, 0.2) is 24.4 Å². The number of rotatable bonds is 6. The lowest BCUT2D eigenvalue weighted by molar-refractivity contribution is 0.336. The van der Waals surface area contributed by atoms with Crippen molar-refractivity contribution in [3.05, 3.63) is 30.1 Å². The van der Waals surface area contributed by atoms with Gasteiger partial charge in [0.05, 0.1) is 11.5 Å². The number of hydrogen-bond acceptors (Lipinski definition) is 4. The fourth-order valence-corrected chi connectivity index (χ4v) is 4.85. The quantitative estimate of drug-likeness (QED) is 0.872. The molecule has 1 aromatic heterocycles. The second-order valence-electron chi connectivity index (χ2n) is 5.69. The molecule has 5 heteroatoms. The average Bonchev–Trinajstić information content (AvgIpc) is 2.80. The predicted octanol–water partition coefficient (Wildman–Crippen LogP) is 1.99. The highest BCUT2D eigenvalue weighted by Crippen LogP contribution is 2.30. The zero-order valence-corrected chi connectivity index (χ0v) is 13.1. The van der Waals surface area contributed by atoms with Gasteiger partial charge in [0.15, 0.2) is 9.84 Å². The second-order valence-corrected chi connectivity index (χ2v) is 7.92. The Morgan fingerprint density at radius 1 is 1.45 bits per heavy atom. The molecule has 20 heavy (non-hydrogen) atoms. The molecule has 2 rings (SSSR count). The van der Waals surface area contributed by atoms with Crippen LogP contribution in [0.25, 0.3) is 0 Å². The molecule has 0 bridgehead atoms. The van der Waals surface area contributed by atoms with Crippen LogP contribution >= 0.6 is 0 Å². The van der Waals surface area contributed by atoms with Crippen LogP contribution in [-0.4, -0.2) is 37.5 Å². The SMILES string of the molecule is CCCNC(C1CCS(=O)(=O)C1)C(C)c1ccccn1. The fraction of sp³-hybridized carbons (Fsp3) is 0.667. The van der Waals surface area contributed by atoms with Crippen molar-refractivity contribution in [2.75, 3.05) is 18.1 Å². The normalized spacial score (nSPS) is 24.4. The molecule has 1 saturated heterocycles. The Kier molecular flexibility index (Phi) is 5.16. The maximum atomic E-state index is 11.7. The summed E-state index contributed by atoms with van der Waals surface area (Å²) in [5, 5.41) is 3.54. The maximum absolute atomic E-state index is 11.7. The number of nitrogens with zero attached hydrogens (tertiary/aromatic N) is 1. The minimum atomic E-state index is -2.84. The molecule has 1 aliphatic heterocycles. The monoisotopic (exact) mass is 296 g/mol. The number of hydrogen-bond donors (Lipinski definition) is 1. The van der Waals surface area contributed by atoms with Crippen molar-refractivity contribution in [3.8, 4) is 0 Å². The topological polar surface area (TPSA) is 59.1 Å². The summed E-state index contributed by atoms with van der Waals surface area (Å²) in [6, 6.07) is 6.10.